The molecular weight excluding hydrogens is 250 g/mol. The zero-order chi connectivity index (χ0) is 13.0. The molecule has 1 fully saturated rings. The van der Waals surface area contributed by atoms with Crippen molar-refractivity contribution in [3.05, 3.63) is 24.3 Å². The van der Waals surface area contributed by atoms with Crippen molar-refractivity contribution in [1.29, 1.82) is 0 Å². The largest absolute Gasteiger partial charge is 0.399 e. The van der Waals surface area contributed by atoms with E-state index >= 15 is 0 Å². The molecule has 0 bridgehead atoms. The first-order valence-corrected chi connectivity index (χ1v) is 6.82. The Bertz CT molecular complexity index is 428. The van der Waals surface area contributed by atoms with Crippen molar-refractivity contribution in [1.82, 2.24) is 5.43 Å². The monoisotopic (exact) mass is 267 g/mol. The van der Waals surface area contributed by atoms with Crippen molar-refractivity contribution in [3.8, 4) is 0 Å². The molecule has 18 heavy (non-hydrogen) atoms. The summed E-state index contributed by atoms with van der Waals surface area (Å²) < 4.78 is 5.62. The van der Waals surface area contributed by atoms with Gasteiger partial charge in [-0.25, -0.2) is 5.84 Å². The number of ether oxygens (including phenoxy) is 1. The fourth-order valence-electron chi connectivity index (χ4n) is 1.91. The van der Waals surface area contributed by atoms with E-state index in [1.54, 1.807) is 11.8 Å². The average Bonchev–Trinajstić information content (AvgIpc) is 2.84. The number of rotatable bonds is 4. The summed E-state index contributed by atoms with van der Waals surface area (Å²) in [7, 11) is 0. The standard InChI is InChI=1S/C12H17N3O2S/c13-8-2-1-3-10(6-8)18-7-9-4-5-11(17-9)12(16)15-14/h1-3,6,9,11H,4-5,7,13-14H2,(H,15,16). The third-order valence-electron chi connectivity index (χ3n) is 2.84. The molecule has 1 aliphatic heterocycles. The van der Waals surface area contributed by atoms with Crippen LogP contribution in [0, 0.1) is 0 Å². The molecule has 0 radical (unpaired) electrons. The first kappa shape index (κ1) is 13.2. The van der Waals surface area contributed by atoms with Crippen LogP contribution in [-0.2, 0) is 9.53 Å². The molecule has 98 valence electrons. The lowest BCUT2D eigenvalue weighted by atomic mass is 10.2. The van der Waals surface area contributed by atoms with Crippen LogP contribution in [0.4, 0.5) is 5.69 Å². The van der Waals surface area contributed by atoms with Gasteiger partial charge in [0.05, 0.1) is 6.10 Å². The number of nitrogen functional groups attached to an aromatic ring is 1. The van der Waals surface area contributed by atoms with E-state index in [1.807, 2.05) is 24.3 Å². The van der Waals surface area contributed by atoms with E-state index in [0.717, 1.165) is 29.2 Å². The Kier molecular flexibility index (Phi) is 4.46. The summed E-state index contributed by atoms with van der Waals surface area (Å²) in [6.45, 7) is 0. The van der Waals surface area contributed by atoms with Crippen LogP contribution in [0.15, 0.2) is 29.2 Å². The van der Waals surface area contributed by atoms with Gasteiger partial charge in [-0.05, 0) is 31.0 Å². The maximum atomic E-state index is 11.3. The first-order valence-electron chi connectivity index (χ1n) is 5.83. The van der Waals surface area contributed by atoms with Gasteiger partial charge in [0.2, 0.25) is 0 Å². The third-order valence-corrected chi connectivity index (χ3v) is 3.96. The number of carbonyl (C=O) groups is 1. The summed E-state index contributed by atoms with van der Waals surface area (Å²) in [5.74, 6) is 5.65. The number of anilines is 1. The number of thioether (sulfide) groups is 1. The number of hydrogen-bond acceptors (Lipinski definition) is 5. The molecule has 1 saturated heterocycles. The van der Waals surface area contributed by atoms with Crippen LogP contribution in [0.1, 0.15) is 12.8 Å². The second-order valence-corrected chi connectivity index (χ2v) is 5.31. The highest BCUT2D eigenvalue weighted by Crippen LogP contribution is 2.27. The predicted octanol–water partition coefficient (Wildman–Crippen LogP) is 0.898. The molecule has 0 spiro atoms. The van der Waals surface area contributed by atoms with Gasteiger partial charge in [0, 0.05) is 16.3 Å². The number of nitrogens with one attached hydrogen (secondary N) is 1. The van der Waals surface area contributed by atoms with Gasteiger partial charge in [-0.3, -0.25) is 10.2 Å². The Labute approximate surface area is 110 Å². The minimum atomic E-state index is -0.401. The van der Waals surface area contributed by atoms with E-state index < -0.39 is 6.10 Å². The first-order chi connectivity index (χ1) is 8.69. The number of hydrazine groups is 1. The van der Waals surface area contributed by atoms with E-state index in [2.05, 4.69) is 5.43 Å². The maximum absolute atomic E-state index is 11.3. The summed E-state index contributed by atoms with van der Waals surface area (Å²) in [4.78, 5) is 12.4. The summed E-state index contributed by atoms with van der Waals surface area (Å²) >= 11 is 1.69. The van der Waals surface area contributed by atoms with Gasteiger partial charge in [0.15, 0.2) is 0 Å². The predicted molar refractivity (Wildman–Crippen MR) is 71.8 cm³/mol. The van der Waals surface area contributed by atoms with Crippen LogP contribution >= 0.6 is 11.8 Å². The van der Waals surface area contributed by atoms with Gasteiger partial charge >= 0.3 is 0 Å². The van der Waals surface area contributed by atoms with Gasteiger partial charge < -0.3 is 10.5 Å². The van der Waals surface area contributed by atoms with Crippen LogP contribution in [-0.4, -0.2) is 23.9 Å². The number of amides is 1. The van der Waals surface area contributed by atoms with Crippen molar-refractivity contribution in [3.63, 3.8) is 0 Å². The molecule has 2 atom stereocenters. The molecule has 1 aromatic carbocycles. The van der Waals surface area contributed by atoms with E-state index in [-0.39, 0.29) is 12.0 Å². The number of nitrogens with two attached hydrogens (primary N) is 2. The van der Waals surface area contributed by atoms with Gasteiger partial charge in [-0.2, -0.15) is 0 Å². The van der Waals surface area contributed by atoms with Crippen LogP contribution in [0.3, 0.4) is 0 Å². The molecule has 1 amide bonds. The van der Waals surface area contributed by atoms with Crippen LogP contribution in [0.2, 0.25) is 0 Å². The van der Waals surface area contributed by atoms with Crippen molar-refractivity contribution in [2.45, 2.75) is 29.9 Å². The molecule has 1 aliphatic rings. The normalized spacial score (nSPS) is 22.9. The SMILES string of the molecule is NNC(=O)C1CCC(CSc2cccc(N)c2)O1. The lowest BCUT2D eigenvalue weighted by Gasteiger charge is -2.12. The fraction of sp³-hybridized carbons (Fsp3) is 0.417. The fourth-order valence-corrected chi connectivity index (χ4v) is 2.93. The van der Waals surface area contributed by atoms with Gasteiger partial charge in [0.25, 0.3) is 5.91 Å². The molecule has 0 saturated carbocycles. The van der Waals surface area contributed by atoms with Crippen molar-refractivity contribution < 1.29 is 9.53 Å². The Morgan fingerprint density at radius 2 is 2.33 bits per heavy atom. The Hall–Kier alpha value is -1.24. The van der Waals surface area contributed by atoms with Crippen molar-refractivity contribution in [2.75, 3.05) is 11.5 Å². The molecule has 5 nitrogen and oxygen atoms in total. The highest BCUT2D eigenvalue weighted by Gasteiger charge is 2.30. The molecule has 2 rings (SSSR count). The molecule has 1 heterocycles. The minimum absolute atomic E-state index is 0.0960. The van der Waals surface area contributed by atoms with Crippen LogP contribution < -0.4 is 17.0 Å². The highest BCUT2D eigenvalue weighted by molar-refractivity contribution is 7.99. The molecule has 6 heteroatoms. The van der Waals surface area contributed by atoms with Crippen molar-refractivity contribution >= 4 is 23.4 Å². The zero-order valence-corrected chi connectivity index (χ0v) is 10.8. The van der Waals surface area contributed by atoms with Crippen LogP contribution in [0.5, 0.6) is 0 Å². The van der Waals surface area contributed by atoms with E-state index in [0.29, 0.717) is 0 Å². The Morgan fingerprint density at radius 3 is 3.06 bits per heavy atom. The lowest BCUT2D eigenvalue weighted by molar-refractivity contribution is -0.131. The molecule has 1 aromatic rings. The maximum Gasteiger partial charge on any atom is 0.263 e. The Balaban J connectivity index is 1.80. The smallest absolute Gasteiger partial charge is 0.263 e. The minimum Gasteiger partial charge on any atom is -0.399 e. The Morgan fingerprint density at radius 1 is 1.50 bits per heavy atom. The topological polar surface area (TPSA) is 90.4 Å². The number of hydrogen-bond donors (Lipinski definition) is 3. The summed E-state index contributed by atoms with van der Waals surface area (Å²) in [6.07, 6.45) is 1.30. The molecule has 0 aromatic heterocycles. The summed E-state index contributed by atoms with van der Waals surface area (Å²) in [5.41, 5.74) is 8.59. The third kappa shape index (κ3) is 3.38. The highest BCUT2D eigenvalue weighted by atomic mass is 32.2. The number of carbonyl (C=O) groups excluding carboxylic acids is 1. The second-order valence-electron chi connectivity index (χ2n) is 4.22. The van der Waals surface area contributed by atoms with Gasteiger partial charge in [-0.1, -0.05) is 6.07 Å². The van der Waals surface area contributed by atoms with E-state index in [1.165, 1.54) is 0 Å². The second kappa shape index (κ2) is 6.08. The van der Waals surface area contributed by atoms with E-state index in [9.17, 15) is 4.79 Å². The summed E-state index contributed by atoms with van der Waals surface area (Å²) in [6, 6.07) is 7.74. The van der Waals surface area contributed by atoms with Crippen molar-refractivity contribution in [2.24, 2.45) is 5.84 Å². The quantitative estimate of drug-likeness (QED) is 0.248. The van der Waals surface area contributed by atoms with Gasteiger partial charge in [-0.15, -0.1) is 11.8 Å². The average molecular weight is 267 g/mol. The molecule has 5 N–H and O–H groups in total. The lowest BCUT2D eigenvalue weighted by Crippen LogP contribution is -2.39. The van der Waals surface area contributed by atoms with Crippen LogP contribution in [0.25, 0.3) is 0 Å². The summed E-state index contributed by atoms with van der Waals surface area (Å²) in [5, 5.41) is 0. The van der Waals surface area contributed by atoms with E-state index in [4.69, 9.17) is 16.3 Å². The molecule has 0 aliphatic carbocycles. The number of benzene rings is 1. The molecule has 2 unspecified atom stereocenters. The molecular formula is C12H17N3O2S. The zero-order valence-electron chi connectivity index (χ0n) is 9.96. The van der Waals surface area contributed by atoms with Gasteiger partial charge in [0.1, 0.15) is 6.10 Å².